The zero-order valence-electron chi connectivity index (χ0n) is 24.5. The Morgan fingerprint density at radius 3 is 2.17 bits per heavy atom. The normalized spacial score (nSPS) is 23.1. The molecular formula is C30H51NO4Si. The molecular weight excluding hydrogens is 466 g/mol. The van der Waals surface area contributed by atoms with Gasteiger partial charge in [0, 0.05) is 17.6 Å². The van der Waals surface area contributed by atoms with Crippen LogP contribution in [0.5, 0.6) is 11.5 Å². The lowest BCUT2D eigenvalue weighted by Gasteiger charge is -2.53. The summed E-state index contributed by atoms with van der Waals surface area (Å²) in [5.41, 5.74) is 3.71. The van der Waals surface area contributed by atoms with Gasteiger partial charge in [0.25, 0.3) is 8.32 Å². The van der Waals surface area contributed by atoms with E-state index in [1.807, 2.05) is 6.07 Å². The third-order valence-corrected chi connectivity index (χ3v) is 15.1. The molecule has 1 aromatic carbocycles. The van der Waals surface area contributed by atoms with Crippen molar-refractivity contribution < 1.29 is 19.1 Å². The van der Waals surface area contributed by atoms with Gasteiger partial charge in [-0.3, -0.25) is 4.90 Å². The minimum Gasteiger partial charge on any atom is -0.540 e. The molecule has 5 nitrogen and oxygen atoms in total. The van der Waals surface area contributed by atoms with Gasteiger partial charge >= 0.3 is 6.16 Å². The van der Waals surface area contributed by atoms with Crippen molar-refractivity contribution in [1.82, 2.24) is 4.90 Å². The van der Waals surface area contributed by atoms with Crippen molar-refractivity contribution >= 4 is 14.5 Å². The second-order valence-corrected chi connectivity index (χ2v) is 18.6. The van der Waals surface area contributed by atoms with Crippen molar-refractivity contribution in [2.24, 2.45) is 11.3 Å². The molecule has 1 aliphatic carbocycles. The van der Waals surface area contributed by atoms with Crippen molar-refractivity contribution in [2.45, 2.75) is 130 Å². The molecule has 0 spiro atoms. The van der Waals surface area contributed by atoms with Crippen LogP contribution in [0.25, 0.3) is 0 Å². The molecule has 3 rings (SSSR count). The first-order chi connectivity index (χ1) is 16.7. The third kappa shape index (κ3) is 5.50. The topological polar surface area (TPSA) is 59.0 Å². The van der Waals surface area contributed by atoms with Gasteiger partial charge in [-0.2, -0.15) is 0 Å². The summed E-state index contributed by atoms with van der Waals surface area (Å²) in [4.78, 5) is 14.6. The average molecular weight is 518 g/mol. The van der Waals surface area contributed by atoms with Gasteiger partial charge in [0.15, 0.2) is 5.75 Å². The molecule has 1 aliphatic heterocycles. The summed E-state index contributed by atoms with van der Waals surface area (Å²) in [6.45, 7) is 24.0. The van der Waals surface area contributed by atoms with E-state index in [2.05, 4.69) is 80.2 Å². The lowest BCUT2D eigenvalue weighted by atomic mass is 9.69. The fourth-order valence-corrected chi connectivity index (χ4v) is 12.9. The highest BCUT2D eigenvalue weighted by molar-refractivity contribution is 6.78. The number of hydrogen-bond donors (Lipinski definition) is 1. The van der Waals surface area contributed by atoms with E-state index in [-0.39, 0.29) is 5.41 Å². The van der Waals surface area contributed by atoms with Crippen molar-refractivity contribution in [3.63, 3.8) is 0 Å². The largest absolute Gasteiger partial charge is 0.540 e. The van der Waals surface area contributed by atoms with E-state index in [4.69, 9.17) is 9.16 Å². The molecule has 36 heavy (non-hydrogen) atoms. The highest BCUT2D eigenvalue weighted by Crippen LogP contribution is 2.49. The minimum absolute atomic E-state index is 0.244. The van der Waals surface area contributed by atoms with Crippen molar-refractivity contribution in [3.8, 4) is 11.5 Å². The van der Waals surface area contributed by atoms with E-state index in [9.17, 15) is 9.90 Å². The van der Waals surface area contributed by atoms with Crippen LogP contribution in [0.3, 0.4) is 0 Å². The number of piperidine rings is 1. The van der Waals surface area contributed by atoms with Crippen LogP contribution in [-0.4, -0.2) is 43.1 Å². The number of carboxylic acid groups (broad SMARTS) is 1. The number of fused-ring (bicyclic) bond motifs is 2. The molecule has 1 N–H and O–H groups in total. The molecule has 1 unspecified atom stereocenters. The van der Waals surface area contributed by atoms with Crippen LogP contribution in [0, 0.1) is 11.3 Å². The Labute approximate surface area is 221 Å². The zero-order chi connectivity index (χ0) is 27.0. The minimum atomic E-state index is -2.26. The van der Waals surface area contributed by atoms with Gasteiger partial charge in [-0.25, -0.2) is 4.79 Å². The maximum atomic E-state index is 11.9. The number of carbonyl (C=O) groups is 1. The van der Waals surface area contributed by atoms with Crippen LogP contribution < -0.4 is 9.16 Å². The molecule has 6 heteroatoms. The molecule has 1 fully saturated rings. The Hall–Kier alpha value is -1.53. The first-order valence-corrected chi connectivity index (χ1v) is 16.4. The van der Waals surface area contributed by atoms with Crippen LogP contribution in [0.2, 0.25) is 16.6 Å². The fourth-order valence-electron chi connectivity index (χ4n) is 7.64. The van der Waals surface area contributed by atoms with E-state index in [0.717, 1.165) is 31.4 Å². The molecule has 1 heterocycles. The number of benzene rings is 1. The predicted octanol–water partition coefficient (Wildman–Crippen LogP) is 8.30. The molecule has 204 valence electrons. The van der Waals surface area contributed by atoms with Gasteiger partial charge in [0.05, 0.1) is 0 Å². The second kappa shape index (κ2) is 11.1. The number of nitrogens with zero attached hydrogens (tertiary/aromatic N) is 1. The number of likely N-dealkylation sites (tertiary alicyclic amines) is 1. The molecule has 0 radical (unpaired) electrons. The lowest BCUT2D eigenvalue weighted by molar-refractivity contribution is -0.0161. The van der Waals surface area contributed by atoms with E-state index in [0.29, 0.717) is 46.1 Å². The summed E-state index contributed by atoms with van der Waals surface area (Å²) in [6.07, 6.45) is 4.06. The summed E-state index contributed by atoms with van der Waals surface area (Å²) in [6, 6.07) is 5.27. The Bertz CT molecular complexity index is 898. The maximum Gasteiger partial charge on any atom is 0.511 e. The van der Waals surface area contributed by atoms with Crippen LogP contribution in [0.4, 0.5) is 4.79 Å². The Balaban J connectivity index is 2.06. The number of ether oxygens (including phenoxy) is 1. The van der Waals surface area contributed by atoms with Gasteiger partial charge in [0.1, 0.15) is 5.75 Å². The van der Waals surface area contributed by atoms with Gasteiger partial charge in [0.2, 0.25) is 0 Å². The van der Waals surface area contributed by atoms with E-state index >= 15 is 0 Å². The van der Waals surface area contributed by atoms with Gasteiger partial charge < -0.3 is 14.3 Å². The molecule has 1 aromatic rings. The third-order valence-electron chi connectivity index (χ3n) is 9.06. The van der Waals surface area contributed by atoms with Gasteiger partial charge in [-0.1, -0.05) is 75.3 Å². The van der Waals surface area contributed by atoms with Gasteiger partial charge in [-0.15, -0.1) is 0 Å². The molecule has 1 saturated heterocycles. The monoisotopic (exact) mass is 517 g/mol. The SMILES string of the molecule is CCCN1C(C(C)(C)C)CC[C@@H]2Cc3c(ccc(O[Si](C(C)C)(C(C)C)C(C)C)c3OC(=O)O)C[C@H]21. The van der Waals surface area contributed by atoms with E-state index in [1.54, 1.807) is 0 Å². The highest BCUT2D eigenvalue weighted by Gasteiger charge is 2.48. The van der Waals surface area contributed by atoms with Crippen molar-refractivity contribution in [2.75, 3.05) is 6.54 Å². The number of hydrogen-bond acceptors (Lipinski definition) is 4. The fraction of sp³-hybridized carbons (Fsp3) is 0.767. The molecule has 0 bridgehead atoms. The van der Waals surface area contributed by atoms with E-state index < -0.39 is 14.5 Å². The predicted molar refractivity (Wildman–Crippen MR) is 151 cm³/mol. The summed E-state index contributed by atoms with van der Waals surface area (Å²) >= 11 is 0. The Morgan fingerprint density at radius 1 is 1.06 bits per heavy atom. The lowest BCUT2D eigenvalue weighted by Crippen LogP contribution is -2.58. The highest BCUT2D eigenvalue weighted by atomic mass is 28.4. The second-order valence-electron chi connectivity index (χ2n) is 13.3. The molecule has 0 amide bonds. The zero-order valence-corrected chi connectivity index (χ0v) is 25.5. The molecule has 3 atom stereocenters. The Kier molecular flexibility index (Phi) is 8.92. The number of rotatable bonds is 8. The van der Waals surface area contributed by atoms with Crippen molar-refractivity contribution in [1.29, 1.82) is 0 Å². The first-order valence-electron chi connectivity index (χ1n) is 14.2. The summed E-state index contributed by atoms with van der Waals surface area (Å²) in [5, 5.41) is 9.71. The first kappa shape index (κ1) is 29.0. The summed E-state index contributed by atoms with van der Waals surface area (Å²) in [5.74, 6) is 1.60. The molecule has 2 aliphatic rings. The summed E-state index contributed by atoms with van der Waals surface area (Å²) in [7, 11) is -2.26. The molecule has 0 aromatic heterocycles. The van der Waals surface area contributed by atoms with E-state index in [1.165, 1.54) is 18.4 Å². The maximum absolute atomic E-state index is 11.9. The summed E-state index contributed by atoms with van der Waals surface area (Å²) < 4.78 is 12.5. The molecule has 0 saturated carbocycles. The van der Waals surface area contributed by atoms with Crippen LogP contribution in [0.1, 0.15) is 99.6 Å². The standard InChI is InChI=1S/C30H51NO4Si/c1-11-16-31-25-18-22-12-14-26(35-36(19(2)3,20(4)5)21(6)7)28(34-29(32)33)24(22)17-23(25)13-15-27(31)30(8,9)10/h12,14,19-21,23,25,27H,11,13,15-18H2,1-10H3,(H,32,33)/t23-,25-,27?/m1/s1. The van der Waals surface area contributed by atoms with Crippen LogP contribution in [-0.2, 0) is 12.8 Å². The quantitative estimate of drug-likeness (QED) is 0.213. The Morgan fingerprint density at radius 2 is 1.67 bits per heavy atom. The van der Waals surface area contributed by atoms with Gasteiger partial charge in [-0.05, 0) is 78.2 Å². The average Bonchev–Trinajstić information content (AvgIpc) is 2.76. The smallest absolute Gasteiger partial charge is 0.511 e. The van der Waals surface area contributed by atoms with Crippen LogP contribution in [0.15, 0.2) is 12.1 Å². The van der Waals surface area contributed by atoms with Crippen LogP contribution >= 0.6 is 0 Å². The van der Waals surface area contributed by atoms with Crippen molar-refractivity contribution in [3.05, 3.63) is 23.3 Å².